The van der Waals surface area contributed by atoms with E-state index in [-0.39, 0.29) is 4.58 Å². The van der Waals surface area contributed by atoms with Gasteiger partial charge in [0.05, 0.1) is 4.58 Å². The van der Waals surface area contributed by atoms with Gasteiger partial charge in [-0.05, 0) is 12.2 Å². The first-order valence-corrected chi connectivity index (χ1v) is 6.10. The lowest BCUT2D eigenvalue weighted by Crippen LogP contribution is -2.16. The Hall–Kier alpha value is 1.40. The molecule has 1 unspecified atom stereocenters. The summed E-state index contributed by atoms with van der Waals surface area (Å²) in [7, 11) is 0. The summed E-state index contributed by atoms with van der Waals surface area (Å²) in [5, 5.41) is 1.90. The molecule has 1 aliphatic heterocycles. The van der Waals surface area contributed by atoms with Crippen LogP contribution in [-0.4, -0.2) is 20.7 Å². The van der Waals surface area contributed by atoms with Gasteiger partial charge in [-0.15, -0.1) is 11.8 Å². The summed E-state index contributed by atoms with van der Waals surface area (Å²) in [6.07, 6.45) is 1.27. The average Bonchev–Trinajstić information content (AvgIpc) is 1.90. The molecule has 0 spiro atoms. The normalized spacial score (nSPS) is 29.0. The summed E-state index contributed by atoms with van der Waals surface area (Å²) in [6, 6.07) is 0. The van der Waals surface area contributed by atoms with E-state index in [0.29, 0.717) is 5.25 Å². The van der Waals surface area contributed by atoms with Gasteiger partial charge in [-0.1, -0.05) is 0 Å². The third-order valence-electron chi connectivity index (χ3n) is 1.24. The molecule has 1 fully saturated rings. The number of thioether (sulfide) groups is 2. The quantitative estimate of drug-likeness (QED) is 0.490. The van der Waals surface area contributed by atoms with Gasteiger partial charge in [0.1, 0.15) is 0 Å². The Morgan fingerprint density at radius 3 is 2.56 bits per heavy atom. The zero-order valence-corrected chi connectivity index (χ0v) is 8.41. The standard InChI is InChI=1S/C5H10S4/c6-5(7)4-1-2-8-3-9-4/h4-7H,1-3H2. The van der Waals surface area contributed by atoms with Crippen molar-refractivity contribution in [2.45, 2.75) is 16.3 Å². The molecule has 1 aliphatic rings. The molecule has 0 aromatic rings. The molecular formula is C5H10S4. The Kier molecular flexibility index (Phi) is 4.07. The van der Waals surface area contributed by atoms with Gasteiger partial charge in [-0.3, -0.25) is 0 Å². The van der Waals surface area contributed by atoms with E-state index in [0.717, 1.165) is 0 Å². The molecule has 0 bridgehead atoms. The second-order valence-corrected chi connectivity index (χ2v) is 6.15. The fraction of sp³-hybridized carbons (Fsp3) is 1.00. The van der Waals surface area contributed by atoms with Gasteiger partial charge >= 0.3 is 0 Å². The number of thiol groups is 2. The van der Waals surface area contributed by atoms with Crippen LogP contribution in [0.5, 0.6) is 0 Å². The van der Waals surface area contributed by atoms with Gasteiger partial charge < -0.3 is 0 Å². The summed E-state index contributed by atoms with van der Waals surface area (Å²) in [6.45, 7) is 0. The van der Waals surface area contributed by atoms with Crippen LogP contribution in [0.1, 0.15) is 6.42 Å². The van der Waals surface area contributed by atoms with Crippen LogP contribution in [-0.2, 0) is 0 Å². The first-order valence-electron chi connectivity index (χ1n) is 2.86. The van der Waals surface area contributed by atoms with Crippen LogP contribution < -0.4 is 0 Å². The Labute approximate surface area is 75.7 Å². The lowest BCUT2D eigenvalue weighted by atomic mass is 10.4. The zero-order valence-electron chi connectivity index (χ0n) is 4.99. The Morgan fingerprint density at radius 1 is 1.44 bits per heavy atom. The molecule has 9 heavy (non-hydrogen) atoms. The lowest BCUT2D eigenvalue weighted by molar-refractivity contribution is 0.904. The van der Waals surface area contributed by atoms with Gasteiger partial charge in [0.2, 0.25) is 0 Å². The Bertz CT molecular complexity index is 77.0. The summed E-state index contributed by atoms with van der Waals surface area (Å²) in [5.41, 5.74) is 0. The molecular weight excluding hydrogens is 188 g/mol. The summed E-state index contributed by atoms with van der Waals surface area (Å²) >= 11 is 12.5. The Morgan fingerprint density at radius 2 is 2.22 bits per heavy atom. The average molecular weight is 198 g/mol. The van der Waals surface area contributed by atoms with Crippen LogP contribution in [0.25, 0.3) is 0 Å². The van der Waals surface area contributed by atoms with Crippen LogP contribution >= 0.6 is 48.8 Å². The molecule has 0 saturated carbocycles. The van der Waals surface area contributed by atoms with E-state index < -0.39 is 0 Å². The Balaban J connectivity index is 2.23. The van der Waals surface area contributed by atoms with Crippen molar-refractivity contribution < 1.29 is 0 Å². The molecule has 4 heteroatoms. The minimum Gasteiger partial charge on any atom is -0.164 e. The molecule has 54 valence electrons. The fourth-order valence-electron chi connectivity index (χ4n) is 0.712. The molecule has 0 nitrogen and oxygen atoms in total. The number of rotatable bonds is 1. The van der Waals surface area contributed by atoms with E-state index >= 15 is 0 Å². The molecule has 0 N–H and O–H groups in total. The highest BCUT2D eigenvalue weighted by Crippen LogP contribution is 2.33. The fourth-order valence-corrected chi connectivity index (χ4v) is 4.11. The van der Waals surface area contributed by atoms with Crippen molar-refractivity contribution >= 4 is 48.8 Å². The molecule has 0 aliphatic carbocycles. The molecule has 1 heterocycles. The molecule has 0 aromatic carbocycles. The van der Waals surface area contributed by atoms with Gasteiger partial charge in [0.15, 0.2) is 0 Å². The highest BCUT2D eigenvalue weighted by Gasteiger charge is 2.18. The monoisotopic (exact) mass is 198 g/mol. The van der Waals surface area contributed by atoms with Crippen molar-refractivity contribution in [3.8, 4) is 0 Å². The third kappa shape index (κ3) is 2.87. The maximum Gasteiger partial charge on any atom is 0.0561 e. The van der Waals surface area contributed by atoms with Crippen LogP contribution in [0.2, 0.25) is 0 Å². The number of hydrogen-bond donors (Lipinski definition) is 2. The van der Waals surface area contributed by atoms with Crippen LogP contribution in [0, 0.1) is 0 Å². The van der Waals surface area contributed by atoms with Crippen LogP contribution in [0.3, 0.4) is 0 Å². The second kappa shape index (κ2) is 4.31. The van der Waals surface area contributed by atoms with Gasteiger partial charge in [0, 0.05) is 10.3 Å². The van der Waals surface area contributed by atoms with Crippen molar-refractivity contribution in [2.75, 3.05) is 10.8 Å². The molecule has 0 amide bonds. The largest absolute Gasteiger partial charge is 0.164 e. The topological polar surface area (TPSA) is 0 Å². The van der Waals surface area contributed by atoms with E-state index in [1.54, 1.807) is 0 Å². The van der Waals surface area contributed by atoms with Crippen molar-refractivity contribution in [2.24, 2.45) is 0 Å². The van der Waals surface area contributed by atoms with Crippen molar-refractivity contribution in [3.05, 3.63) is 0 Å². The third-order valence-corrected chi connectivity index (χ3v) is 5.04. The first-order chi connectivity index (χ1) is 4.30. The summed E-state index contributed by atoms with van der Waals surface area (Å²) in [5.74, 6) is 1.29. The maximum atomic E-state index is 4.28. The second-order valence-electron chi connectivity index (χ2n) is 1.93. The van der Waals surface area contributed by atoms with E-state index in [1.165, 1.54) is 17.3 Å². The molecule has 0 radical (unpaired) electrons. The van der Waals surface area contributed by atoms with Crippen molar-refractivity contribution in [1.82, 2.24) is 0 Å². The molecule has 1 saturated heterocycles. The van der Waals surface area contributed by atoms with E-state index in [2.05, 4.69) is 25.3 Å². The highest BCUT2D eigenvalue weighted by atomic mass is 32.2. The van der Waals surface area contributed by atoms with Crippen LogP contribution in [0.4, 0.5) is 0 Å². The van der Waals surface area contributed by atoms with Crippen molar-refractivity contribution in [3.63, 3.8) is 0 Å². The minimum absolute atomic E-state index is 0.274. The predicted octanol–water partition coefficient (Wildman–Crippen LogP) is 2.37. The summed E-state index contributed by atoms with van der Waals surface area (Å²) < 4.78 is 0.274. The van der Waals surface area contributed by atoms with E-state index in [9.17, 15) is 0 Å². The van der Waals surface area contributed by atoms with Gasteiger partial charge in [0.25, 0.3) is 0 Å². The summed E-state index contributed by atoms with van der Waals surface area (Å²) in [4.78, 5) is 0. The number of hydrogen-bond acceptors (Lipinski definition) is 4. The first kappa shape index (κ1) is 8.50. The van der Waals surface area contributed by atoms with E-state index in [1.807, 2.05) is 23.5 Å². The van der Waals surface area contributed by atoms with Gasteiger partial charge in [-0.25, -0.2) is 0 Å². The maximum absolute atomic E-state index is 4.28. The zero-order chi connectivity index (χ0) is 6.69. The molecule has 1 rings (SSSR count). The molecule has 1 atom stereocenters. The highest BCUT2D eigenvalue weighted by molar-refractivity contribution is 8.17. The van der Waals surface area contributed by atoms with E-state index in [4.69, 9.17) is 0 Å². The SMILES string of the molecule is SC(S)C1CCSCS1. The van der Waals surface area contributed by atoms with Crippen molar-refractivity contribution in [1.29, 1.82) is 0 Å². The van der Waals surface area contributed by atoms with Crippen LogP contribution in [0.15, 0.2) is 0 Å². The lowest BCUT2D eigenvalue weighted by Gasteiger charge is -2.22. The smallest absolute Gasteiger partial charge is 0.0561 e. The minimum atomic E-state index is 0.274. The molecule has 0 aromatic heterocycles. The predicted molar refractivity (Wildman–Crippen MR) is 55.1 cm³/mol. The van der Waals surface area contributed by atoms with Gasteiger partial charge in [-0.2, -0.15) is 37.0 Å².